The van der Waals surface area contributed by atoms with Gasteiger partial charge >= 0.3 is 5.97 Å². The van der Waals surface area contributed by atoms with Crippen LogP contribution < -0.4 is 5.32 Å². The highest BCUT2D eigenvalue weighted by molar-refractivity contribution is 5.91. The number of hydrogen-bond acceptors (Lipinski definition) is 3. The van der Waals surface area contributed by atoms with Gasteiger partial charge in [-0.15, -0.1) is 6.58 Å². The Morgan fingerprint density at radius 2 is 2.05 bits per heavy atom. The van der Waals surface area contributed by atoms with E-state index >= 15 is 0 Å². The van der Waals surface area contributed by atoms with Gasteiger partial charge in [0.25, 0.3) is 0 Å². The van der Waals surface area contributed by atoms with Crippen LogP contribution in [-0.2, 0) is 19.7 Å². The molecule has 2 N–H and O–H groups in total. The Labute approximate surface area is 131 Å². The van der Waals surface area contributed by atoms with Crippen molar-refractivity contribution in [1.82, 2.24) is 5.32 Å². The average Bonchev–Trinajstić information content (AvgIpc) is 2.46. The van der Waals surface area contributed by atoms with Crippen LogP contribution in [0.25, 0.3) is 0 Å². The zero-order valence-electron chi connectivity index (χ0n) is 13.3. The van der Waals surface area contributed by atoms with Crippen LogP contribution in [0, 0.1) is 6.92 Å². The first-order valence-electron chi connectivity index (χ1n) is 7.09. The zero-order chi connectivity index (χ0) is 16.8. The number of aryl methyl sites for hydroxylation is 1. The molecule has 5 nitrogen and oxygen atoms in total. The van der Waals surface area contributed by atoms with E-state index in [0.717, 1.165) is 11.1 Å². The van der Waals surface area contributed by atoms with E-state index in [0.29, 0.717) is 0 Å². The van der Waals surface area contributed by atoms with Crippen LogP contribution in [-0.4, -0.2) is 36.2 Å². The highest BCUT2D eigenvalue weighted by Crippen LogP contribution is 2.26. The van der Waals surface area contributed by atoms with Crippen LogP contribution in [0.4, 0.5) is 0 Å². The fraction of sp³-hybridized carbons (Fsp3) is 0.412. The molecule has 120 valence electrons. The highest BCUT2D eigenvalue weighted by Gasteiger charge is 2.33. The normalized spacial score (nSPS) is 12.5. The molecule has 0 heterocycles. The molecule has 0 aliphatic rings. The Morgan fingerprint density at radius 3 is 2.59 bits per heavy atom. The number of amides is 1. The molecule has 1 aromatic carbocycles. The molecule has 1 aromatic rings. The fourth-order valence-corrected chi connectivity index (χ4v) is 2.18. The number of hydrogen-bond donors (Lipinski definition) is 2. The van der Waals surface area contributed by atoms with Crippen molar-refractivity contribution in [3.05, 3.63) is 48.0 Å². The van der Waals surface area contributed by atoms with Crippen molar-refractivity contribution < 1.29 is 19.4 Å². The average molecular weight is 305 g/mol. The summed E-state index contributed by atoms with van der Waals surface area (Å²) in [6.45, 7) is 9.10. The van der Waals surface area contributed by atoms with Gasteiger partial charge < -0.3 is 15.2 Å². The van der Waals surface area contributed by atoms with Gasteiger partial charge in [0.2, 0.25) is 5.91 Å². The minimum Gasteiger partial charge on any atom is -0.480 e. The maximum absolute atomic E-state index is 12.5. The van der Waals surface area contributed by atoms with Crippen molar-refractivity contribution in [3.63, 3.8) is 0 Å². The Kier molecular flexibility index (Phi) is 6.31. The lowest BCUT2D eigenvalue weighted by atomic mass is 9.81. The molecule has 1 unspecified atom stereocenters. The number of aliphatic carboxylic acids is 1. The molecule has 0 fully saturated rings. The predicted molar refractivity (Wildman–Crippen MR) is 84.8 cm³/mol. The molecule has 0 bridgehead atoms. The molecule has 0 aliphatic carbocycles. The lowest BCUT2D eigenvalue weighted by Crippen LogP contribution is -2.50. The van der Waals surface area contributed by atoms with Gasteiger partial charge in [0.05, 0.1) is 18.6 Å². The van der Waals surface area contributed by atoms with Crippen molar-refractivity contribution in [1.29, 1.82) is 0 Å². The first-order chi connectivity index (χ1) is 10.3. The molecule has 22 heavy (non-hydrogen) atoms. The zero-order valence-corrected chi connectivity index (χ0v) is 13.3. The topological polar surface area (TPSA) is 75.6 Å². The summed E-state index contributed by atoms with van der Waals surface area (Å²) in [4.78, 5) is 23.8. The molecule has 0 radical (unpaired) electrons. The van der Waals surface area contributed by atoms with E-state index in [4.69, 9.17) is 4.74 Å². The molecule has 5 heteroatoms. The molecule has 1 amide bonds. The first kappa shape index (κ1) is 17.9. The number of rotatable bonds is 8. The summed E-state index contributed by atoms with van der Waals surface area (Å²) in [7, 11) is 0. The third kappa shape index (κ3) is 4.43. The summed E-state index contributed by atoms with van der Waals surface area (Å²) < 4.78 is 5.14. The SMILES string of the molecule is C=CCOCC(NC(=O)C(C)(C)c1ccccc1C)C(=O)O. The third-order valence-corrected chi connectivity index (χ3v) is 3.51. The number of carboxylic acid groups (broad SMARTS) is 1. The maximum atomic E-state index is 12.5. The van der Waals surface area contributed by atoms with Gasteiger partial charge in [-0.1, -0.05) is 30.3 Å². The van der Waals surface area contributed by atoms with E-state index in [2.05, 4.69) is 11.9 Å². The number of ether oxygens (including phenoxy) is 1. The lowest BCUT2D eigenvalue weighted by molar-refractivity contribution is -0.144. The Balaban J connectivity index is 2.86. The minimum atomic E-state index is -1.13. The van der Waals surface area contributed by atoms with Crippen molar-refractivity contribution in [3.8, 4) is 0 Å². The molecule has 1 atom stereocenters. The molecule has 0 spiro atoms. The molecule has 0 aliphatic heterocycles. The molecular weight excluding hydrogens is 282 g/mol. The molecule has 1 rings (SSSR count). The van der Waals surface area contributed by atoms with Crippen LogP contribution in [0.15, 0.2) is 36.9 Å². The summed E-state index contributed by atoms with van der Waals surface area (Å²) in [5.41, 5.74) is 1.01. The summed E-state index contributed by atoms with van der Waals surface area (Å²) >= 11 is 0. The molecular formula is C17H23NO4. The van der Waals surface area contributed by atoms with Gasteiger partial charge in [-0.25, -0.2) is 4.79 Å². The second-order valence-electron chi connectivity index (χ2n) is 5.63. The van der Waals surface area contributed by atoms with Crippen molar-refractivity contribution in [2.75, 3.05) is 13.2 Å². The number of carbonyl (C=O) groups is 2. The van der Waals surface area contributed by atoms with E-state index in [9.17, 15) is 14.7 Å². The van der Waals surface area contributed by atoms with Crippen molar-refractivity contribution in [2.45, 2.75) is 32.2 Å². The molecule has 0 aromatic heterocycles. The second kappa shape index (κ2) is 7.75. The highest BCUT2D eigenvalue weighted by atomic mass is 16.5. The van der Waals surface area contributed by atoms with Crippen LogP contribution in [0.1, 0.15) is 25.0 Å². The van der Waals surface area contributed by atoms with Crippen LogP contribution in [0.5, 0.6) is 0 Å². The van der Waals surface area contributed by atoms with Gasteiger partial charge in [-0.3, -0.25) is 4.79 Å². The van der Waals surface area contributed by atoms with E-state index in [1.165, 1.54) is 6.08 Å². The van der Waals surface area contributed by atoms with Crippen LogP contribution in [0.2, 0.25) is 0 Å². The van der Waals surface area contributed by atoms with Crippen molar-refractivity contribution >= 4 is 11.9 Å². The minimum absolute atomic E-state index is 0.100. The van der Waals surface area contributed by atoms with E-state index in [1.54, 1.807) is 13.8 Å². The van der Waals surface area contributed by atoms with Gasteiger partial charge in [0.15, 0.2) is 6.04 Å². The summed E-state index contributed by atoms with van der Waals surface area (Å²) in [6.07, 6.45) is 1.53. The quantitative estimate of drug-likeness (QED) is 0.569. The van der Waals surface area contributed by atoms with E-state index < -0.39 is 17.4 Å². The van der Waals surface area contributed by atoms with Gasteiger partial charge in [-0.2, -0.15) is 0 Å². The number of benzene rings is 1. The molecule has 0 saturated heterocycles. The van der Waals surface area contributed by atoms with Crippen LogP contribution in [0.3, 0.4) is 0 Å². The number of nitrogens with one attached hydrogen (secondary N) is 1. The largest absolute Gasteiger partial charge is 0.480 e. The first-order valence-corrected chi connectivity index (χ1v) is 7.09. The van der Waals surface area contributed by atoms with Gasteiger partial charge in [-0.05, 0) is 31.9 Å². The molecule has 0 saturated carbocycles. The smallest absolute Gasteiger partial charge is 0.328 e. The Morgan fingerprint density at radius 1 is 1.41 bits per heavy atom. The summed E-state index contributed by atoms with van der Waals surface area (Å²) in [6, 6.07) is 6.47. The number of carboxylic acids is 1. The second-order valence-corrected chi connectivity index (χ2v) is 5.63. The van der Waals surface area contributed by atoms with E-state index in [-0.39, 0.29) is 19.1 Å². The third-order valence-electron chi connectivity index (χ3n) is 3.51. The Hall–Kier alpha value is -2.14. The van der Waals surface area contributed by atoms with Crippen LogP contribution >= 0.6 is 0 Å². The monoisotopic (exact) mass is 305 g/mol. The maximum Gasteiger partial charge on any atom is 0.328 e. The van der Waals surface area contributed by atoms with E-state index in [1.807, 2.05) is 31.2 Å². The Bertz CT molecular complexity index is 551. The summed E-state index contributed by atoms with van der Waals surface area (Å²) in [5.74, 6) is -1.48. The van der Waals surface area contributed by atoms with Gasteiger partial charge in [0, 0.05) is 0 Å². The number of carbonyl (C=O) groups excluding carboxylic acids is 1. The van der Waals surface area contributed by atoms with Crippen molar-refractivity contribution in [2.24, 2.45) is 0 Å². The van der Waals surface area contributed by atoms with Gasteiger partial charge in [0.1, 0.15) is 0 Å². The lowest BCUT2D eigenvalue weighted by Gasteiger charge is -2.27. The predicted octanol–water partition coefficient (Wildman–Crippen LogP) is 2.04. The summed E-state index contributed by atoms with van der Waals surface area (Å²) in [5, 5.41) is 11.7. The standard InChI is InChI=1S/C17H23NO4/c1-5-10-22-11-14(15(19)20)18-16(21)17(3,4)13-9-7-6-8-12(13)2/h5-9,14H,1,10-11H2,2-4H3,(H,18,21)(H,19,20). The fourth-order valence-electron chi connectivity index (χ4n) is 2.18.